The van der Waals surface area contributed by atoms with E-state index >= 15 is 0 Å². The summed E-state index contributed by atoms with van der Waals surface area (Å²) in [5, 5.41) is 3.27. The molecule has 1 heteroatoms. The monoisotopic (exact) mass is 145 g/mol. The van der Waals surface area contributed by atoms with Crippen LogP contribution in [0, 0.1) is 0 Å². The topological polar surface area (TPSA) is 12.0 Å². The van der Waals surface area contributed by atoms with Gasteiger partial charge in [-0.1, -0.05) is 18.7 Å². The van der Waals surface area contributed by atoms with E-state index in [0.29, 0.717) is 0 Å². The van der Waals surface area contributed by atoms with Gasteiger partial charge in [0.05, 0.1) is 5.70 Å². The van der Waals surface area contributed by atoms with Gasteiger partial charge in [0, 0.05) is 6.54 Å². The molecule has 1 nitrogen and oxygen atoms in total. The average molecular weight is 145 g/mol. The van der Waals surface area contributed by atoms with Gasteiger partial charge < -0.3 is 5.32 Å². The predicted octanol–water partition coefficient (Wildman–Crippen LogP) is 1.90. The lowest BCUT2D eigenvalue weighted by Gasteiger charge is -2.05. The second kappa shape index (κ2) is 2.44. The highest BCUT2D eigenvalue weighted by atomic mass is 14.9. The first-order valence-electron chi connectivity index (χ1n) is 3.94. The molecule has 0 spiro atoms. The van der Waals surface area contributed by atoms with Crippen LogP contribution in [-0.2, 0) is 0 Å². The maximum absolute atomic E-state index is 3.65. The minimum Gasteiger partial charge on any atom is -0.374 e. The minimum atomic E-state index is 0.962. The number of rotatable bonds is 0. The first-order valence-corrected chi connectivity index (χ1v) is 3.94. The quantitative estimate of drug-likeness (QED) is 0.513. The molecule has 0 atom stereocenters. The fraction of sp³-hybridized carbons (Fsp3) is 0.300. The summed E-state index contributed by atoms with van der Waals surface area (Å²) in [6, 6.07) is 0. The van der Waals surface area contributed by atoms with Crippen molar-refractivity contribution in [3.63, 3.8) is 0 Å². The van der Waals surface area contributed by atoms with E-state index in [0.717, 1.165) is 25.1 Å². The summed E-state index contributed by atoms with van der Waals surface area (Å²) in [4.78, 5) is 0. The normalized spacial score (nSPS) is 21.3. The molecule has 0 saturated carbocycles. The molecule has 0 aromatic rings. The van der Waals surface area contributed by atoms with Crippen LogP contribution in [0.5, 0.6) is 0 Å². The number of hydrogen-bond acceptors (Lipinski definition) is 1. The van der Waals surface area contributed by atoms with E-state index in [1.165, 1.54) is 11.1 Å². The van der Waals surface area contributed by atoms with Crippen molar-refractivity contribution in [2.24, 2.45) is 0 Å². The zero-order valence-electron chi connectivity index (χ0n) is 6.48. The first-order chi connectivity index (χ1) is 5.42. The third-order valence-electron chi connectivity index (χ3n) is 2.20. The Hall–Kier alpha value is -1.20. The Kier molecular flexibility index (Phi) is 1.45. The highest BCUT2D eigenvalue weighted by Crippen LogP contribution is 2.27. The molecule has 0 aromatic heterocycles. The van der Waals surface area contributed by atoms with Gasteiger partial charge in [0.1, 0.15) is 0 Å². The summed E-state index contributed by atoms with van der Waals surface area (Å²) >= 11 is 0. The Labute approximate surface area is 66.8 Å². The van der Waals surface area contributed by atoms with Gasteiger partial charge in [-0.2, -0.15) is 0 Å². The predicted molar refractivity (Wildman–Crippen MR) is 46.1 cm³/mol. The number of hydrogen-bond donors (Lipinski definition) is 1. The maximum atomic E-state index is 3.65. The van der Waals surface area contributed by atoms with Crippen LogP contribution in [0.3, 0.4) is 0 Å². The van der Waals surface area contributed by atoms with E-state index in [4.69, 9.17) is 0 Å². The molecule has 1 aliphatic heterocycles. The second-order valence-electron chi connectivity index (χ2n) is 2.85. The van der Waals surface area contributed by atoms with Crippen LogP contribution in [0.4, 0.5) is 0 Å². The highest BCUT2D eigenvalue weighted by molar-refractivity contribution is 5.46. The van der Waals surface area contributed by atoms with Crippen LogP contribution in [0.2, 0.25) is 0 Å². The fourth-order valence-corrected chi connectivity index (χ4v) is 1.63. The molecule has 0 amide bonds. The summed E-state index contributed by atoms with van der Waals surface area (Å²) in [5.41, 5.74) is 6.88. The van der Waals surface area contributed by atoms with Gasteiger partial charge >= 0.3 is 0 Å². The van der Waals surface area contributed by atoms with Gasteiger partial charge in [0.25, 0.3) is 0 Å². The van der Waals surface area contributed by atoms with Crippen LogP contribution < -0.4 is 5.32 Å². The molecule has 1 N–H and O–H groups in total. The van der Waals surface area contributed by atoms with Gasteiger partial charge in [-0.3, -0.25) is 0 Å². The Morgan fingerprint density at radius 3 is 3.27 bits per heavy atom. The average Bonchev–Trinajstić information content (AvgIpc) is 2.47. The summed E-state index contributed by atoms with van der Waals surface area (Å²) in [5.74, 6) is 0. The van der Waals surface area contributed by atoms with Gasteiger partial charge in [0.2, 0.25) is 0 Å². The lowest BCUT2D eigenvalue weighted by atomic mass is 9.99. The smallest absolute Gasteiger partial charge is 0.0806 e. The summed E-state index contributed by atoms with van der Waals surface area (Å²) < 4.78 is 0. The highest BCUT2D eigenvalue weighted by Gasteiger charge is 2.17. The molecular weight excluding hydrogens is 134 g/mol. The van der Waals surface area contributed by atoms with E-state index in [2.05, 4.69) is 29.8 Å². The number of allylic oxidation sites excluding steroid dienone is 2. The Morgan fingerprint density at radius 2 is 2.45 bits per heavy atom. The van der Waals surface area contributed by atoms with Gasteiger partial charge in [-0.05, 0) is 24.0 Å². The molecule has 0 fully saturated rings. The molecule has 56 valence electrons. The standard InChI is InChI=1S/C10H11N/c1-2-10-9-6-4-3-5-8(9)7-11-10/h3,5,11H,1,4,6-7H2. The van der Waals surface area contributed by atoms with Crippen LogP contribution >= 0.6 is 0 Å². The fourth-order valence-electron chi connectivity index (χ4n) is 1.63. The molecule has 0 bridgehead atoms. The van der Waals surface area contributed by atoms with E-state index in [1.54, 1.807) is 0 Å². The molecular formula is C10H11N. The van der Waals surface area contributed by atoms with E-state index in [-0.39, 0.29) is 0 Å². The molecule has 0 aromatic carbocycles. The SMILES string of the molecule is C=C=C1NCC2=C1CCC=C2. The van der Waals surface area contributed by atoms with Crippen LogP contribution in [0.1, 0.15) is 12.8 Å². The van der Waals surface area contributed by atoms with E-state index in [1.807, 2.05) is 0 Å². The largest absolute Gasteiger partial charge is 0.374 e. The van der Waals surface area contributed by atoms with Gasteiger partial charge in [-0.25, -0.2) is 0 Å². The lowest BCUT2D eigenvalue weighted by Crippen LogP contribution is -2.05. The molecule has 1 aliphatic carbocycles. The van der Waals surface area contributed by atoms with Crippen LogP contribution in [0.25, 0.3) is 0 Å². The molecule has 0 unspecified atom stereocenters. The van der Waals surface area contributed by atoms with Crippen molar-refractivity contribution in [3.05, 3.63) is 41.3 Å². The third kappa shape index (κ3) is 0.941. The summed E-state index contributed by atoms with van der Waals surface area (Å²) in [6.07, 6.45) is 6.74. The summed E-state index contributed by atoms with van der Waals surface area (Å²) in [6.45, 7) is 4.61. The zero-order chi connectivity index (χ0) is 7.68. The first kappa shape index (κ1) is 6.51. The van der Waals surface area contributed by atoms with Gasteiger partial charge in [0.15, 0.2) is 0 Å². The van der Waals surface area contributed by atoms with Crippen molar-refractivity contribution in [1.82, 2.24) is 5.32 Å². The van der Waals surface area contributed by atoms with E-state index < -0.39 is 0 Å². The summed E-state index contributed by atoms with van der Waals surface area (Å²) in [7, 11) is 0. The Bertz CT molecular complexity index is 288. The van der Waals surface area contributed by atoms with Crippen molar-refractivity contribution < 1.29 is 0 Å². The van der Waals surface area contributed by atoms with Crippen molar-refractivity contribution in [1.29, 1.82) is 0 Å². The lowest BCUT2D eigenvalue weighted by molar-refractivity contribution is 0.940. The molecule has 11 heavy (non-hydrogen) atoms. The zero-order valence-corrected chi connectivity index (χ0v) is 6.48. The van der Waals surface area contributed by atoms with Gasteiger partial charge in [-0.15, -0.1) is 5.73 Å². The molecule has 0 saturated heterocycles. The van der Waals surface area contributed by atoms with Crippen LogP contribution in [-0.4, -0.2) is 6.54 Å². The molecule has 2 aliphatic rings. The number of nitrogens with one attached hydrogen (secondary N) is 1. The molecule has 1 heterocycles. The second-order valence-corrected chi connectivity index (χ2v) is 2.85. The molecule has 2 rings (SSSR count). The Balaban J connectivity index is 2.44. The maximum Gasteiger partial charge on any atom is 0.0806 e. The minimum absolute atomic E-state index is 0.962. The van der Waals surface area contributed by atoms with Crippen molar-refractivity contribution in [2.75, 3.05) is 6.54 Å². The van der Waals surface area contributed by atoms with Crippen molar-refractivity contribution >= 4 is 0 Å². The van der Waals surface area contributed by atoms with Crippen LogP contribution in [0.15, 0.2) is 41.3 Å². The third-order valence-corrected chi connectivity index (χ3v) is 2.20. The van der Waals surface area contributed by atoms with Crippen molar-refractivity contribution in [3.8, 4) is 0 Å². The van der Waals surface area contributed by atoms with E-state index in [9.17, 15) is 0 Å². The molecule has 0 radical (unpaired) electrons. The van der Waals surface area contributed by atoms with Crippen molar-refractivity contribution in [2.45, 2.75) is 12.8 Å². The Morgan fingerprint density at radius 1 is 1.55 bits per heavy atom.